The van der Waals surface area contributed by atoms with E-state index in [-0.39, 0.29) is 5.41 Å². The Hall–Kier alpha value is -1.44. The summed E-state index contributed by atoms with van der Waals surface area (Å²) in [6, 6.07) is 0. The van der Waals surface area contributed by atoms with Crippen LogP contribution in [-0.4, -0.2) is 0 Å². The Morgan fingerprint density at radius 1 is 1.31 bits per heavy atom. The molecule has 0 aromatic heterocycles. The lowest BCUT2D eigenvalue weighted by Crippen LogP contribution is -2.31. The van der Waals surface area contributed by atoms with Gasteiger partial charge >= 0.3 is 0 Å². The SMILES string of the molecule is CC12CC=CC(N)=C1C=CC=C2N. The molecule has 2 rings (SSSR count). The van der Waals surface area contributed by atoms with Crippen molar-refractivity contribution in [1.82, 2.24) is 0 Å². The lowest BCUT2D eigenvalue weighted by atomic mass is 9.71. The molecule has 0 aliphatic heterocycles. The van der Waals surface area contributed by atoms with E-state index in [1.54, 1.807) is 0 Å². The highest BCUT2D eigenvalue weighted by atomic mass is 14.7. The minimum Gasteiger partial charge on any atom is -0.401 e. The minimum absolute atomic E-state index is 0.0758. The van der Waals surface area contributed by atoms with Crippen LogP contribution in [0.4, 0.5) is 0 Å². The number of rotatable bonds is 0. The summed E-state index contributed by atoms with van der Waals surface area (Å²) in [6.07, 6.45) is 10.9. The third-order valence-corrected chi connectivity index (χ3v) is 2.90. The first kappa shape index (κ1) is 8.17. The largest absolute Gasteiger partial charge is 0.401 e. The van der Waals surface area contributed by atoms with Crippen LogP contribution in [-0.2, 0) is 0 Å². The van der Waals surface area contributed by atoms with E-state index in [0.29, 0.717) is 0 Å². The second-order valence-corrected chi connectivity index (χ2v) is 3.79. The van der Waals surface area contributed by atoms with Crippen molar-refractivity contribution in [3.8, 4) is 0 Å². The van der Waals surface area contributed by atoms with Gasteiger partial charge in [-0.25, -0.2) is 0 Å². The summed E-state index contributed by atoms with van der Waals surface area (Å²) in [4.78, 5) is 0. The van der Waals surface area contributed by atoms with E-state index in [0.717, 1.165) is 23.4 Å². The van der Waals surface area contributed by atoms with E-state index in [9.17, 15) is 0 Å². The molecule has 1 unspecified atom stereocenters. The van der Waals surface area contributed by atoms with Gasteiger partial charge in [0.15, 0.2) is 0 Å². The fourth-order valence-corrected chi connectivity index (χ4v) is 1.93. The van der Waals surface area contributed by atoms with Crippen molar-refractivity contribution in [2.75, 3.05) is 0 Å². The molecule has 2 nitrogen and oxygen atoms in total. The van der Waals surface area contributed by atoms with Gasteiger partial charge in [-0.2, -0.15) is 0 Å². The molecule has 0 bridgehead atoms. The Morgan fingerprint density at radius 3 is 2.77 bits per heavy atom. The van der Waals surface area contributed by atoms with Crippen molar-refractivity contribution in [2.24, 2.45) is 16.9 Å². The molecule has 68 valence electrons. The molecule has 13 heavy (non-hydrogen) atoms. The molecule has 0 saturated carbocycles. The lowest BCUT2D eigenvalue weighted by molar-refractivity contribution is 0.478. The average Bonchev–Trinajstić information content (AvgIpc) is 2.08. The Kier molecular flexibility index (Phi) is 1.59. The van der Waals surface area contributed by atoms with E-state index in [1.165, 1.54) is 0 Å². The van der Waals surface area contributed by atoms with Crippen molar-refractivity contribution in [3.05, 3.63) is 47.3 Å². The summed E-state index contributed by atoms with van der Waals surface area (Å²) in [7, 11) is 0. The fraction of sp³-hybridized carbons (Fsp3) is 0.273. The Bertz CT molecular complexity index is 358. The monoisotopic (exact) mass is 174 g/mol. The Labute approximate surface area is 78.3 Å². The first-order chi connectivity index (χ1) is 6.14. The smallest absolute Gasteiger partial charge is 0.0374 e. The van der Waals surface area contributed by atoms with Gasteiger partial charge < -0.3 is 11.5 Å². The number of hydrogen-bond donors (Lipinski definition) is 2. The average molecular weight is 174 g/mol. The summed E-state index contributed by atoms with van der Waals surface area (Å²) in [5.74, 6) is 0. The molecule has 0 aromatic carbocycles. The van der Waals surface area contributed by atoms with Crippen LogP contribution in [0.25, 0.3) is 0 Å². The summed E-state index contributed by atoms with van der Waals surface area (Å²) in [6.45, 7) is 2.13. The van der Waals surface area contributed by atoms with Crippen LogP contribution in [0, 0.1) is 5.41 Å². The van der Waals surface area contributed by atoms with E-state index >= 15 is 0 Å². The molecule has 1 atom stereocenters. The maximum Gasteiger partial charge on any atom is 0.0374 e. The Morgan fingerprint density at radius 2 is 2.08 bits per heavy atom. The highest BCUT2D eigenvalue weighted by Crippen LogP contribution is 2.42. The van der Waals surface area contributed by atoms with Crippen molar-refractivity contribution in [3.63, 3.8) is 0 Å². The highest BCUT2D eigenvalue weighted by Gasteiger charge is 2.33. The number of fused-ring (bicyclic) bond motifs is 1. The van der Waals surface area contributed by atoms with Gasteiger partial charge in [-0.05, 0) is 31.1 Å². The summed E-state index contributed by atoms with van der Waals surface area (Å²) >= 11 is 0. The first-order valence-electron chi connectivity index (χ1n) is 4.46. The highest BCUT2D eigenvalue weighted by molar-refractivity contribution is 5.49. The van der Waals surface area contributed by atoms with Crippen LogP contribution in [0.1, 0.15) is 13.3 Å². The molecule has 0 fully saturated rings. The molecule has 2 heteroatoms. The normalized spacial score (nSPS) is 31.6. The third-order valence-electron chi connectivity index (χ3n) is 2.90. The maximum atomic E-state index is 5.97. The molecule has 0 saturated heterocycles. The van der Waals surface area contributed by atoms with E-state index in [4.69, 9.17) is 11.5 Å². The van der Waals surface area contributed by atoms with Crippen LogP contribution in [0.15, 0.2) is 47.3 Å². The van der Waals surface area contributed by atoms with E-state index < -0.39 is 0 Å². The van der Waals surface area contributed by atoms with Gasteiger partial charge in [0.2, 0.25) is 0 Å². The van der Waals surface area contributed by atoms with Crippen molar-refractivity contribution < 1.29 is 0 Å². The van der Waals surface area contributed by atoms with Gasteiger partial charge in [0.25, 0.3) is 0 Å². The zero-order chi connectivity index (χ0) is 9.47. The Balaban J connectivity index is 2.58. The maximum absolute atomic E-state index is 5.97. The summed E-state index contributed by atoms with van der Waals surface area (Å²) < 4.78 is 0. The zero-order valence-electron chi connectivity index (χ0n) is 7.75. The zero-order valence-corrected chi connectivity index (χ0v) is 7.75. The molecule has 4 N–H and O–H groups in total. The second-order valence-electron chi connectivity index (χ2n) is 3.79. The van der Waals surface area contributed by atoms with Crippen LogP contribution in [0.3, 0.4) is 0 Å². The topological polar surface area (TPSA) is 52.0 Å². The van der Waals surface area contributed by atoms with Gasteiger partial charge in [-0.3, -0.25) is 0 Å². The van der Waals surface area contributed by atoms with Crippen molar-refractivity contribution in [1.29, 1.82) is 0 Å². The predicted molar refractivity (Wildman–Crippen MR) is 54.5 cm³/mol. The van der Waals surface area contributed by atoms with Crippen LogP contribution in [0.2, 0.25) is 0 Å². The minimum atomic E-state index is -0.0758. The second kappa shape index (κ2) is 2.52. The molecule has 0 spiro atoms. The molecule has 0 aromatic rings. The van der Waals surface area contributed by atoms with Crippen molar-refractivity contribution in [2.45, 2.75) is 13.3 Å². The molecule has 2 aliphatic carbocycles. The van der Waals surface area contributed by atoms with E-state index in [1.807, 2.05) is 18.2 Å². The van der Waals surface area contributed by atoms with E-state index in [2.05, 4.69) is 19.1 Å². The van der Waals surface area contributed by atoms with Crippen LogP contribution in [0.5, 0.6) is 0 Å². The molecule has 0 heterocycles. The molecule has 0 radical (unpaired) electrons. The quantitative estimate of drug-likeness (QED) is 0.585. The van der Waals surface area contributed by atoms with Crippen molar-refractivity contribution >= 4 is 0 Å². The van der Waals surface area contributed by atoms with Gasteiger partial charge in [0, 0.05) is 16.8 Å². The third kappa shape index (κ3) is 1.02. The first-order valence-corrected chi connectivity index (χ1v) is 4.46. The molecule has 0 amide bonds. The molecule has 2 aliphatic rings. The predicted octanol–water partition coefficient (Wildman–Crippen LogP) is 1.58. The summed E-state index contributed by atoms with van der Waals surface area (Å²) in [5.41, 5.74) is 14.7. The molecular weight excluding hydrogens is 160 g/mol. The number of allylic oxidation sites excluding steroid dienone is 6. The number of hydrogen-bond acceptors (Lipinski definition) is 2. The van der Waals surface area contributed by atoms with Gasteiger partial charge in [-0.1, -0.05) is 18.2 Å². The van der Waals surface area contributed by atoms with Gasteiger partial charge in [-0.15, -0.1) is 0 Å². The van der Waals surface area contributed by atoms with Crippen LogP contribution >= 0.6 is 0 Å². The summed E-state index contributed by atoms with van der Waals surface area (Å²) in [5, 5.41) is 0. The van der Waals surface area contributed by atoms with Gasteiger partial charge in [0.05, 0.1) is 0 Å². The number of nitrogens with two attached hydrogens (primary N) is 2. The molecular formula is C11H14N2. The lowest BCUT2D eigenvalue weighted by Gasteiger charge is -2.35. The van der Waals surface area contributed by atoms with Gasteiger partial charge in [0.1, 0.15) is 0 Å². The van der Waals surface area contributed by atoms with Crippen LogP contribution < -0.4 is 11.5 Å². The fourth-order valence-electron chi connectivity index (χ4n) is 1.93. The standard InChI is InChI=1S/C11H14N2/c1-11-7-3-5-9(12)8(11)4-2-6-10(11)13/h2-6H,7,12-13H2,1H3.